The van der Waals surface area contributed by atoms with Crippen molar-refractivity contribution in [3.05, 3.63) is 52.5 Å². The summed E-state index contributed by atoms with van der Waals surface area (Å²) in [7, 11) is 1.41. The Bertz CT molecular complexity index is 869. The molecular formula is C18H15ClF3NO3. The normalized spacial score (nSPS) is 19.1. The molecule has 0 saturated heterocycles. The van der Waals surface area contributed by atoms with Crippen molar-refractivity contribution >= 4 is 23.2 Å². The van der Waals surface area contributed by atoms with E-state index in [1.54, 1.807) is 25.1 Å². The van der Waals surface area contributed by atoms with Crippen LogP contribution >= 0.6 is 11.6 Å². The van der Waals surface area contributed by atoms with Crippen molar-refractivity contribution in [3.63, 3.8) is 0 Å². The summed E-state index contributed by atoms with van der Waals surface area (Å²) in [4.78, 5) is 12.6. The molecule has 1 amide bonds. The third-order valence-electron chi connectivity index (χ3n) is 4.38. The molecule has 0 saturated carbocycles. The molecule has 0 aliphatic carbocycles. The first-order chi connectivity index (χ1) is 12.1. The maximum absolute atomic E-state index is 12.6. The number of ether oxygens (including phenoxy) is 2. The van der Waals surface area contributed by atoms with Gasteiger partial charge in [-0.2, -0.15) is 0 Å². The van der Waals surface area contributed by atoms with Crippen molar-refractivity contribution in [2.45, 2.75) is 25.1 Å². The number of methoxy groups -OCH3 is 1. The number of para-hydroxylation sites is 1. The van der Waals surface area contributed by atoms with E-state index in [0.717, 1.165) is 6.07 Å². The van der Waals surface area contributed by atoms with Gasteiger partial charge in [-0.3, -0.25) is 4.79 Å². The smallest absolute Gasteiger partial charge is 0.496 e. The van der Waals surface area contributed by atoms with Crippen molar-refractivity contribution in [1.82, 2.24) is 0 Å². The number of benzene rings is 2. The molecule has 3 rings (SSSR count). The number of nitrogens with one attached hydrogen (secondary N) is 1. The Kier molecular flexibility index (Phi) is 4.52. The summed E-state index contributed by atoms with van der Waals surface area (Å²) in [6.45, 7) is 1.71. The van der Waals surface area contributed by atoms with E-state index in [-0.39, 0.29) is 18.1 Å². The van der Waals surface area contributed by atoms with Gasteiger partial charge in [-0.05, 0) is 48.7 Å². The van der Waals surface area contributed by atoms with Crippen LogP contribution in [0.4, 0.5) is 18.9 Å². The van der Waals surface area contributed by atoms with Crippen LogP contribution in [0.3, 0.4) is 0 Å². The van der Waals surface area contributed by atoms with Crippen LogP contribution in [0.25, 0.3) is 0 Å². The largest absolute Gasteiger partial charge is 0.573 e. The van der Waals surface area contributed by atoms with E-state index in [9.17, 15) is 18.0 Å². The lowest BCUT2D eigenvalue weighted by molar-refractivity contribution is -0.274. The second-order valence-electron chi connectivity index (χ2n) is 6.15. The predicted octanol–water partition coefficient (Wildman–Crippen LogP) is 4.70. The number of carbonyl (C=O) groups is 1. The van der Waals surface area contributed by atoms with Gasteiger partial charge in [-0.1, -0.05) is 23.7 Å². The number of anilines is 1. The molecule has 0 fully saturated rings. The first-order valence-electron chi connectivity index (χ1n) is 7.67. The van der Waals surface area contributed by atoms with Crippen LogP contribution in [0.1, 0.15) is 18.1 Å². The zero-order chi connectivity index (χ0) is 19.1. The van der Waals surface area contributed by atoms with Crippen LogP contribution in [0.2, 0.25) is 5.02 Å². The average molecular weight is 386 g/mol. The summed E-state index contributed by atoms with van der Waals surface area (Å²) in [6.07, 6.45) is -4.69. The van der Waals surface area contributed by atoms with Crippen molar-refractivity contribution in [3.8, 4) is 11.5 Å². The zero-order valence-electron chi connectivity index (χ0n) is 13.9. The minimum atomic E-state index is -4.80. The lowest BCUT2D eigenvalue weighted by Crippen LogP contribution is -2.33. The molecule has 0 aromatic heterocycles. The van der Waals surface area contributed by atoms with E-state index in [2.05, 4.69) is 10.1 Å². The molecule has 138 valence electrons. The Balaban J connectivity index is 2.02. The third-order valence-corrected chi connectivity index (χ3v) is 4.69. The fraction of sp³-hybridized carbons (Fsp3) is 0.278. The van der Waals surface area contributed by atoms with Gasteiger partial charge in [0.25, 0.3) is 0 Å². The van der Waals surface area contributed by atoms with Crippen molar-refractivity contribution in [2.24, 2.45) is 0 Å². The number of carbonyl (C=O) groups excluding carboxylic acids is 1. The number of amides is 1. The Labute approximate surface area is 152 Å². The maximum atomic E-state index is 12.6. The SMILES string of the molecule is COc1ccc(OC(F)(F)F)cc1CC1(C)C(=O)Nc2c(Cl)cccc21. The molecule has 0 bridgehead atoms. The number of halogens is 4. The first-order valence-corrected chi connectivity index (χ1v) is 8.05. The molecule has 1 N–H and O–H groups in total. The van der Waals surface area contributed by atoms with Gasteiger partial charge in [0.2, 0.25) is 5.91 Å². The summed E-state index contributed by atoms with van der Waals surface area (Å²) in [6, 6.07) is 8.92. The highest BCUT2D eigenvalue weighted by atomic mass is 35.5. The van der Waals surface area contributed by atoms with Gasteiger partial charge >= 0.3 is 6.36 Å². The van der Waals surface area contributed by atoms with Crippen LogP contribution < -0.4 is 14.8 Å². The van der Waals surface area contributed by atoms with Gasteiger partial charge in [-0.15, -0.1) is 13.2 Å². The van der Waals surface area contributed by atoms with E-state index >= 15 is 0 Å². The minimum Gasteiger partial charge on any atom is -0.496 e. The molecule has 1 aliphatic rings. The number of hydrogen-bond donors (Lipinski definition) is 1. The van der Waals surface area contributed by atoms with E-state index < -0.39 is 11.8 Å². The van der Waals surface area contributed by atoms with Gasteiger partial charge in [0.15, 0.2) is 0 Å². The van der Waals surface area contributed by atoms with Gasteiger partial charge in [0.05, 0.1) is 23.2 Å². The number of hydrogen-bond acceptors (Lipinski definition) is 3. The molecule has 1 heterocycles. The molecular weight excluding hydrogens is 371 g/mol. The first kappa shape index (κ1) is 18.4. The van der Waals surface area contributed by atoms with Crippen LogP contribution in [-0.4, -0.2) is 19.4 Å². The van der Waals surface area contributed by atoms with E-state index in [0.29, 0.717) is 27.6 Å². The lowest BCUT2D eigenvalue weighted by Gasteiger charge is -2.24. The lowest BCUT2D eigenvalue weighted by atomic mass is 9.78. The van der Waals surface area contributed by atoms with E-state index in [1.165, 1.54) is 19.2 Å². The molecule has 1 atom stereocenters. The molecule has 4 nitrogen and oxygen atoms in total. The third kappa shape index (κ3) is 3.31. The molecule has 0 spiro atoms. The summed E-state index contributed by atoms with van der Waals surface area (Å²) < 4.78 is 46.7. The molecule has 8 heteroatoms. The van der Waals surface area contributed by atoms with Crippen LogP contribution in [0, 0.1) is 0 Å². The van der Waals surface area contributed by atoms with Crippen LogP contribution in [0.15, 0.2) is 36.4 Å². The van der Waals surface area contributed by atoms with Crippen molar-refractivity contribution in [2.75, 3.05) is 12.4 Å². The number of alkyl halides is 3. The predicted molar refractivity (Wildman–Crippen MR) is 90.8 cm³/mol. The topological polar surface area (TPSA) is 47.6 Å². The van der Waals surface area contributed by atoms with Crippen LogP contribution in [0.5, 0.6) is 11.5 Å². The van der Waals surface area contributed by atoms with Gasteiger partial charge in [0, 0.05) is 0 Å². The van der Waals surface area contributed by atoms with E-state index in [4.69, 9.17) is 16.3 Å². The standard InChI is InChI=1S/C18H15ClF3NO3/c1-17(12-4-3-5-13(19)15(12)23-16(17)24)9-10-8-11(26-18(20,21)22)6-7-14(10)25-2/h3-8H,9H2,1-2H3,(H,23,24). The second kappa shape index (κ2) is 6.39. The van der Waals surface area contributed by atoms with Gasteiger partial charge in [-0.25, -0.2) is 0 Å². The molecule has 2 aromatic rings. The molecule has 1 aliphatic heterocycles. The number of fused-ring (bicyclic) bond motifs is 1. The summed E-state index contributed by atoms with van der Waals surface area (Å²) in [5.74, 6) is -0.296. The Morgan fingerprint density at radius 1 is 1.23 bits per heavy atom. The quantitative estimate of drug-likeness (QED) is 0.829. The highest BCUT2D eigenvalue weighted by molar-refractivity contribution is 6.34. The molecule has 1 unspecified atom stereocenters. The zero-order valence-corrected chi connectivity index (χ0v) is 14.7. The van der Waals surface area contributed by atoms with Crippen molar-refractivity contribution in [1.29, 1.82) is 0 Å². The molecule has 2 aromatic carbocycles. The minimum absolute atomic E-state index is 0.115. The number of rotatable bonds is 4. The monoisotopic (exact) mass is 385 g/mol. The Hall–Kier alpha value is -2.41. The van der Waals surface area contributed by atoms with E-state index in [1.807, 2.05) is 0 Å². The highest BCUT2D eigenvalue weighted by Gasteiger charge is 2.44. The van der Waals surface area contributed by atoms with Gasteiger partial charge < -0.3 is 14.8 Å². The Morgan fingerprint density at radius 3 is 2.62 bits per heavy atom. The summed E-state index contributed by atoms with van der Waals surface area (Å²) in [5.41, 5.74) is 0.604. The molecule has 0 radical (unpaired) electrons. The summed E-state index contributed by atoms with van der Waals surface area (Å²) in [5, 5.41) is 3.15. The average Bonchev–Trinajstić information content (AvgIpc) is 2.79. The van der Waals surface area contributed by atoms with Gasteiger partial charge in [0.1, 0.15) is 11.5 Å². The fourth-order valence-electron chi connectivity index (χ4n) is 3.13. The summed E-state index contributed by atoms with van der Waals surface area (Å²) >= 11 is 6.14. The fourth-order valence-corrected chi connectivity index (χ4v) is 3.35. The van der Waals surface area contributed by atoms with Crippen molar-refractivity contribution < 1.29 is 27.4 Å². The maximum Gasteiger partial charge on any atom is 0.573 e. The Morgan fingerprint density at radius 2 is 1.96 bits per heavy atom. The van der Waals surface area contributed by atoms with Crippen LogP contribution in [-0.2, 0) is 16.6 Å². The highest BCUT2D eigenvalue weighted by Crippen LogP contribution is 2.44. The molecule has 26 heavy (non-hydrogen) atoms. The second-order valence-corrected chi connectivity index (χ2v) is 6.55.